The number of nitrogens with two attached hydrogens (primary N) is 1. The second-order valence-electron chi connectivity index (χ2n) is 9.23. The highest BCUT2D eigenvalue weighted by Gasteiger charge is 2.73. The van der Waals surface area contributed by atoms with Crippen molar-refractivity contribution in [3.05, 3.63) is 39.8 Å². The first kappa shape index (κ1) is 25.8. The van der Waals surface area contributed by atoms with E-state index in [1.54, 1.807) is 0 Å². The molecule has 1 aromatic carbocycles. The SMILES string of the molecule is C[C@@H](Oc1ccc(S(C)(=O)=O)cc1C(=O)N1CC2(N)CC2(c2csc(C(C)(F)F)n2)C1)C(F)(F)F. The number of thiazole rings is 1. The van der Waals surface area contributed by atoms with Crippen LogP contribution in [0.2, 0.25) is 0 Å². The van der Waals surface area contributed by atoms with Crippen molar-refractivity contribution in [2.24, 2.45) is 5.73 Å². The van der Waals surface area contributed by atoms with E-state index in [1.165, 1.54) is 10.3 Å². The van der Waals surface area contributed by atoms with Crippen LogP contribution in [0.1, 0.15) is 41.3 Å². The van der Waals surface area contributed by atoms with Gasteiger partial charge >= 0.3 is 6.18 Å². The molecule has 35 heavy (non-hydrogen) atoms. The third-order valence-electron chi connectivity index (χ3n) is 6.41. The number of halogens is 5. The number of amides is 1. The Balaban J connectivity index is 1.67. The molecule has 7 nitrogen and oxygen atoms in total. The fourth-order valence-corrected chi connectivity index (χ4v) is 5.85. The maximum Gasteiger partial charge on any atom is 0.425 e. The highest BCUT2D eigenvalue weighted by Crippen LogP contribution is 2.61. The molecule has 1 amide bonds. The van der Waals surface area contributed by atoms with Crippen LogP contribution in [-0.4, -0.2) is 61.4 Å². The van der Waals surface area contributed by atoms with Gasteiger partial charge in [-0.05, 0) is 31.5 Å². The summed E-state index contributed by atoms with van der Waals surface area (Å²) in [6.45, 7) is 1.45. The van der Waals surface area contributed by atoms with Crippen molar-refractivity contribution >= 4 is 27.1 Å². The summed E-state index contributed by atoms with van der Waals surface area (Å²) in [5.74, 6) is -4.37. The summed E-state index contributed by atoms with van der Waals surface area (Å²) in [6.07, 6.45) is -5.70. The molecule has 0 bridgehead atoms. The second-order valence-corrected chi connectivity index (χ2v) is 12.1. The number of piperidine rings is 1. The van der Waals surface area contributed by atoms with Gasteiger partial charge in [-0.1, -0.05) is 0 Å². The normalized spacial score (nSPS) is 25.3. The number of ether oxygens (including phenoxy) is 1. The van der Waals surface area contributed by atoms with Crippen LogP contribution in [-0.2, 0) is 21.2 Å². The number of benzene rings is 1. The Morgan fingerprint density at radius 1 is 1.26 bits per heavy atom. The van der Waals surface area contributed by atoms with Gasteiger partial charge in [0.25, 0.3) is 11.8 Å². The summed E-state index contributed by atoms with van der Waals surface area (Å²) < 4.78 is 95.6. The molecular formula is C21H22F5N3O4S2. The van der Waals surface area contributed by atoms with Gasteiger partial charge in [0.2, 0.25) is 0 Å². The predicted molar refractivity (Wildman–Crippen MR) is 116 cm³/mol. The molecule has 2 aliphatic rings. The van der Waals surface area contributed by atoms with E-state index in [1.807, 2.05) is 0 Å². The van der Waals surface area contributed by atoms with Crippen LogP contribution >= 0.6 is 11.3 Å². The van der Waals surface area contributed by atoms with E-state index in [0.717, 1.165) is 49.6 Å². The number of carbonyl (C=O) groups excluding carboxylic acids is 1. The molecule has 1 saturated heterocycles. The quantitative estimate of drug-likeness (QED) is 0.564. The van der Waals surface area contributed by atoms with Crippen molar-refractivity contribution in [2.75, 3.05) is 19.3 Å². The number of alkyl halides is 5. The molecule has 2 N–H and O–H groups in total. The third-order valence-corrected chi connectivity index (χ3v) is 8.53. The van der Waals surface area contributed by atoms with Crippen LogP contribution < -0.4 is 10.5 Å². The van der Waals surface area contributed by atoms with Crippen molar-refractivity contribution in [1.82, 2.24) is 9.88 Å². The van der Waals surface area contributed by atoms with E-state index in [9.17, 15) is 35.2 Å². The maximum atomic E-state index is 13.7. The van der Waals surface area contributed by atoms with Gasteiger partial charge in [-0.2, -0.15) is 22.0 Å². The highest BCUT2D eigenvalue weighted by atomic mass is 32.2. The standard InChI is InChI=1S/C21H22F5N3O4S2/c1-11(21(24,25)26)33-14-5-4-12(35(3,31)32)6-13(14)16(30)29-9-19(8-20(19,27)10-29)15-7-34-17(28-15)18(2,22)23/h4-7,11H,8-10,27H2,1-3H3/t11-,19?,20?/m1/s1. The van der Waals surface area contributed by atoms with E-state index in [2.05, 4.69) is 4.98 Å². The van der Waals surface area contributed by atoms with Gasteiger partial charge in [-0.15, -0.1) is 11.3 Å². The molecule has 2 heterocycles. The van der Waals surface area contributed by atoms with Gasteiger partial charge in [0.15, 0.2) is 20.9 Å². The summed E-state index contributed by atoms with van der Waals surface area (Å²) in [7, 11) is -3.79. The third kappa shape index (κ3) is 4.51. The number of carbonyl (C=O) groups is 1. The van der Waals surface area contributed by atoms with Gasteiger partial charge in [-0.3, -0.25) is 4.79 Å². The van der Waals surface area contributed by atoms with Gasteiger partial charge in [0.05, 0.1) is 21.6 Å². The first-order valence-corrected chi connectivity index (χ1v) is 13.1. The smallest absolute Gasteiger partial charge is 0.425 e. The van der Waals surface area contributed by atoms with Crippen LogP contribution in [0.3, 0.4) is 0 Å². The Hall–Kier alpha value is -2.32. The van der Waals surface area contributed by atoms with Crippen molar-refractivity contribution in [2.45, 2.75) is 54.3 Å². The topological polar surface area (TPSA) is 103 Å². The van der Waals surface area contributed by atoms with Crippen LogP contribution in [0.15, 0.2) is 28.5 Å². The van der Waals surface area contributed by atoms with Crippen molar-refractivity contribution in [1.29, 1.82) is 0 Å². The number of sulfone groups is 1. The summed E-state index contributed by atoms with van der Waals surface area (Å²) in [4.78, 5) is 18.4. The molecule has 1 saturated carbocycles. The van der Waals surface area contributed by atoms with Crippen molar-refractivity contribution < 1.29 is 39.9 Å². The zero-order valence-corrected chi connectivity index (χ0v) is 20.5. The fraction of sp³-hybridized carbons (Fsp3) is 0.524. The minimum absolute atomic E-state index is 0.0153. The molecule has 2 unspecified atom stereocenters. The van der Waals surface area contributed by atoms with Gasteiger partial charge in [0.1, 0.15) is 5.75 Å². The molecule has 1 aliphatic carbocycles. The van der Waals surface area contributed by atoms with Crippen LogP contribution in [0, 0.1) is 0 Å². The summed E-state index contributed by atoms with van der Waals surface area (Å²) >= 11 is 0.776. The Morgan fingerprint density at radius 2 is 1.91 bits per heavy atom. The fourth-order valence-electron chi connectivity index (χ4n) is 4.34. The predicted octanol–water partition coefficient (Wildman–Crippen LogP) is 3.48. The Morgan fingerprint density at radius 3 is 2.46 bits per heavy atom. The van der Waals surface area contributed by atoms with Crippen LogP contribution in [0.4, 0.5) is 22.0 Å². The molecule has 14 heteroatoms. The number of hydrogen-bond acceptors (Lipinski definition) is 7. The van der Waals surface area contributed by atoms with Crippen molar-refractivity contribution in [3.63, 3.8) is 0 Å². The second kappa shape index (κ2) is 7.84. The largest absolute Gasteiger partial charge is 0.480 e. The minimum Gasteiger partial charge on any atom is -0.480 e. The molecule has 2 aromatic rings. The lowest BCUT2D eigenvalue weighted by Crippen LogP contribution is -2.37. The lowest BCUT2D eigenvalue weighted by molar-refractivity contribution is -0.189. The first-order valence-electron chi connectivity index (χ1n) is 10.4. The molecule has 0 spiro atoms. The summed E-state index contributed by atoms with van der Waals surface area (Å²) in [5.41, 5.74) is 4.55. The Bertz CT molecular complexity index is 1290. The average molecular weight is 540 g/mol. The van der Waals surface area contributed by atoms with Gasteiger partial charge in [0, 0.05) is 37.2 Å². The highest BCUT2D eigenvalue weighted by molar-refractivity contribution is 7.90. The van der Waals surface area contributed by atoms with Gasteiger partial charge in [-0.25, -0.2) is 13.4 Å². The van der Waals surface area contributed by atoms with Gasteiger partial charge < -0.3 is 15.4 Å². The minimum atomic E-state index is -4.72. The number of aromatic nitrogens is 1. The first-order chi connectivity index (χ1) is 15.9. The molecule has 192 valence electrons. The number of likely N-dealkylation sites (tertiary alicyclic amines) is 1. The molecular weight excluding hydrogens is 517 g/mol. The molecule has 1 aromatic heterocycles. The lowest BCUT2D eigenvalue weighted by atomic mass is 10.00. The summed E-state index contributed by atoms with van der Waals surface area (Å²) in [5, 5.41) is 1.08. The lowest BCUT2D eigenvalue weighted by Gasteiger charge is -2.24. The van der Waals surface area contributed by atoms with Crippen LogP contribution in [0.25, 0.3) is 0 Å². The zero-order valence-electron chi connectivity index (χ0n) is 18.8. The van der Waals surface area contributed by atoms with Crippen LogP contribution in [0.5, 0.6) is 5.75 Å². The maximum absolute atomic E-state index is 13.7. The molecule has 1 aliphatic heterocycles. The molecule has 4 rings (SSSR count). The number of rotatable bonds is 6. The van der Waals surface area contributed by atoms with E-state index >= 15 is 0 Å². The molecule has 0 radical (unpaired) electrons. The number of nitrogens with zero attached hydrogens (tertiary/aromatic N) is 2. The van der Waals surface area contributed by atoms with Crippen molar-refractivity contribution in [3.8, 4) is 5.75 Å². The summed E-state index contributed by atoms with van der Waals surface area (Å²) in [6, 6.07) is 3.03. The van der Waals surface area contributed by atoms with E-state index in [0.29, 0.717) is 12.1 Å². The molecule has 2 fully saturated rings. The number of hydrogen-bond donors (Lipinski definition) is 1. The monoisotopic (exact) mass is 539 g/mol. The average Bonchev–Trinajstić information content (AvgIpc) is 3.07. The Labute approximate surface area is 202 Å². The molecule has 3 atom stereocenters. The van der Waals surface area contributed by atoms with E-state index in [-0.39, 0.29) is 23.5 Å². The Kier molecular flexibility index (Phi) is 5.77. The zero-order chi connectivity index (χ0) is 26.2. The van der Waals surface area contributed by atoms with E-state index < -0.39 is 55.7 Å². The van der Waals surface area contributed by atoms with E-state index in [4.69, 9.17) is 10.5 Å². The number of fused-ring (bicyclic) bond motifs is 1.